The lowest BCUT2D eigenvalue weighted by molar-refractivity contribution is 0.0986. The van der Waals surface area contributed by atoms with Gasteiger partial charge in [-0.1, -0.05) is 35.1 Å². The Morgan fingerprint density at radius 1 is 1.06 bits per heavy atom. The molecule has 0 aliphatic rings. The molecule has 10 heteroatoms. The maximum atomic E-state index is 13.5. The second-order valence-electron chi connectivity index (χ2n) is 8.15. The number of carbonyl (C=O) groups is 1. The highest BCUT2D eigenvalue weighted by Gasteiger charge is 2.25. The smallest absolute Gasteiger partial charge is 0.260 e. The Hall–Kier alpha value is -2.56. The number of benzene rings is 2. The molecule has 3 rings (SSSR count). The summed E-state index contributed by atoms with van der Waals surface area (Å²) >= 11 is 7.53. The Bertz CT molecular complexity index is 1290. The van der Waals surface area contributed by atoms with Crippen molar-refractivity contribution in [2.75, 3.05) is 45.2 Å². The van der Waals surface area contributed by atoms with E-state index in [2.05, 4.69) is 23.0 Å². The molecule has 0 unspecified atom stereocenters. The minimum absolute atomic E-state index is 0.103. The van der Waals surface area contributed by atoms with E-state index < -0.39 is 10.0 Å². The van der Waals surface area contributed by atoms with Crippen LogP contribution in [0.1, 0.15) is 16.8 Å². The number of hydrogen-bond donors (Lipinski definition) is 0. The molecule has 0 saturated carbocycles. The third kappa shape index (κ3) is 6.56. The molecule has 0 aliphatic heterocycles. The fraction of sp³-hybridized carbons (Fsp3) is 0.280. The molecule has 1 aromatic heterocycles. The summed E-state index contributed by atoms with van der Waals surface area (Å²) in [5.74, 6) is -0.244. The quantitative estimate of drug-likeness (QED) is 0.310. The van der Waals surface area contributed by atoms with Crippen LogP contribution in [-0.2, 0) is 10.0 Å². The first-order valence-corrected chi connectivity index (χ1v) is 13.7. The molecule has 35 heavy (non-hydrogen) atoms. The number of halogens is 1. The Kier molecular flexibility index (Phi) is 9.21. The van der Waals surface area contributed by atoms with Gasteiger partial charge in [-0.3, -0.25) is 9.69 Å². The summed E-state index contributed by atoms with van der Waals surface area (Å²) < 4.78 is 28.1. The van der Waals surface area contributed by atoms with E-state index in [1.54, 1.807) is 23.1 Å². The highest BCUT2D eigenvalue weighted by molar-refractivity contribution is 7.89. The van der Waals surface area contributed by atoms with Gasteiger partial charge in [0, 0.05) is 30.2 Å². The number of thiazole rings is 1. The van der Waals surface area contributed by atoms with Gasteiger partial charge in [-0.15, -0.1) is 13.2 Å². The zero-order valence-corrected chi connectivity index (χ0v) is 22.2. The maximum absolute atomic E-state index is 13.5. The number of aromatic nitrogens is 1. The summed E-state index contributed by atoms with van der Waals surface area (Å²) in [6, 6.07) is 11.4. The molecule has 0 aliphatic carbocycles. The van der Waals surface area contributed by atoms with Crippen molar-refractivity contribution < 1.29 is 13.2 Å². The zero-order chi connectivity index (χ0) is 25.6. The number of fused-ring (bicyclic) bond motifs is 1. The molecule has 3 aromatic rings. The fourth-order valence-corrected chi connectivity index (χ4v) is 6.11. The second-order valence-corrected chi connectivity index (χ2v) is 11.5. The molecule has 0 saturated heterocycles. The van der Waals surface area contributed by atoms with E-state index in [0.717, 1.165) is 23.2 Å². The van der Waals surface area contributed by atoms with Crippen molar-refractivity contribution in [3.8, 4) is 0 Å². The maximum Gasteiger partial charge on any atom is 0.260 e. The van der Waals surface area contributed by atoms with Gasteiger partial charge in [0.1, 0.15) is 0 Å². The van der Waals surface area contributed by atoms with Crippen LogP contribution in [0.3, 0.4) is 0 Å². The summed E-state index contributed by atoms with van der Waals surface area (Å²) in [5, 5.41) is 1.18. The minimum Gasteiger partial charge on any atom is -0.309 e. The zero-order valence-electron chi connectivity index (χ0n) is 19.9. The van der Waals surface area contributed by atoms with Crippen molar-refractivity contribution in [3.63, 3.8) is 0 Å². The molecule has 2 aromatic carbocycles. The first-order chi connectivity index (χ1) is 16.7. The van der Waals surface area contributed by atoms with Gasteiger partial charge in [-0.2, -0.15) is 4.31 Å². The monoisotopic (exact) mass is 532 g/mol. The van der Waals surface area contributed by atoms with Gasteiger partial charge in [0.05, 0.1) is 15.1 Å². The average Bonchev–Trinajstić information content (AvgIpc) is 3.24. The lowest BCUT2D eigenvalue weighted by Gasteiger charge is -2.22. The topological polar surface area (TPSA) is 73.8 Å². The average molecular weight is 533 g/mol. The molecule has 1 amide bonds. The molecule has 7 nitrogen and oxygen atoms in total. The molecule has 0 bridgehead atoms. The molecular formula is C25H29ClN4O3S2. The lowest BCUT2D eigenvalue weighted by Crippen LogP contribution is -2.33. The first kappa shape index (κ1) is 27.0. The summed E-state index contributed by atoms with van der Waals surface area (Å²) in [6.45, 7) is 8.85. The van der Waals surface area contributed by atoms with Crippen LogP contribution in [0.5, 0.6) is 0 Å². The van der Waals surface area contributed by atoms with E-state index in [0.29, 0.717) is 22.3 Å². The molecule has 0 N–H and O–H groups in total. The van der Waals surface area contributed by atoms with E-state index in [1.165, 1.54) is 39.9 Å². The summed E-state index contributed by atoms with van der Waals surface area (Å²) in [6.07, 6.45) is 3.80. The van der Waals surface area contributed by atoms with Crippen LogP contribution >= 0.6 is 22.9 Å². The molecule has 1 heterocycles. The van der Waals surface area contributed by atoms with Gasteiger partial charge in [0.25, 0.3) is 5.91 Å². The van der Waals surface area contributed by atoms with Gasteiger partial charge < -0.3 is 4.90 Å². The Labute approximate surface area is 216 Å². The number of amides is 1. The van der Waals surface area contributed by atoms with E-state index >= 15 is 0 Å². The number of carbonyl (C=O) groups excluding carboxylic acids is 1. The predicted molar refractivity (Wildman–Crippen MR) is 145 cm³/mol. The predicted octanol–water partition coefficient (Wildman–Crippen LogP) is 4.91. The number of hydrogen-bond acceptors (Lipinski definition) is 6. The van der Waals surface area contributed by atoms with Crippen molar-refractivity contribution in [3.05, 3.63) is 78.4 Å². The number of rotatable bonds is 12. The second kappa shape index (κ2) is 11.9. The SMILES string of the molecule is C=CCN(CC=C)S(=O)(=O)c1ccc(C(=O)N(CCCN(C)C)c2nc3ccc(Cl)cc3s2)cc1. The van der Waals surface area contributed by atoms with Crippen LogP contribution in [0.4, 0.5) is 5.13 Å². The third-order valence-corrected chi connectivity index (χ3v) is 8.33. The van der Waals surface area contributed by atoms with Crippen molar-refractivity contribution in [1.82, 2.24) is 14.2 Å². The van der Waals surface area contributed by atoms with E-state index in [-0.39, 0.29) is 23.9 Å². The highest BCUT2D eigenvalue weighted by Crippen LogP contribution is 2.32. The van der Waals surface area contributed by atoms with Gasteiger partial charge in [-0.25, -0.2) is 13.4 Å². The van der Waals surface area contributed by atoms with Crippen molar-refractivity contribution in [2.45, 2.75) is 11.3 Å². The van der Waals surface area contributed by atoms with Gasteiger partial charge in [0.2, 0.25) is 10.0 Å². The van der Waals surface area contributed by atoms with E-state index in [4.69, 9.17) is 11.6 Å². The van der Waals surface area contributed by atoms with E-state index in [1.807, 2.05) is 26.2 Å². The molecule has 186 valence electrons. The van der Waals surface area contributed by atoms with Crippen LogP contribution in [0.25, 0.3) is 10.2 Å². The number of nitrogens with zero attached hydrogens (tertiary/aromatic N) is 4. The molecule has 0 atom stereocenters. The minimum atomic E-state index is -3.75. The Balaban J connectivity index is 1.91. The fourth-order valence-electron chi connectivity index (χ4n) is 3.46. The molecular weight excluding hydrogens is 504 g/mol. The number of anilines is 1. The van der Waals surface area contributed by atoms with Crippen LogP contribution in [0, 0.1) is 0 Å². The summed E-state index contributed by atoms with van der Waals surface area (Å²) in [4.78, 5) is 22.0. The number of sulfonamides is 1. The van der Waals surface area contributed by atoms with Crippen LogP contribution in [0.15, 0.2) is 72.7 Å². The first-order valence-electron chi connectivity index (χ1n) is 11.0. The van der Waals surface area contributed by atoms with Gasteiger partial charge in [0.15, 0.2) is 5.13 Å². The molecule has 0 fully saturated rings. The Morgan fingerprint density at radius 2 is 1.71 bits per heavy atom. The summed E-state index contributed by atoms with van der Waals surface area (Å²) in [7, 11) is 0.211. The van der Waals surface area contributed by atoms with Crippen LogP contribution < -0.4 is 4.90 Å². The van der Waals surface area contributed by atoms with Crippen LogP contribution in [-0.4, -0.2) is 68.8 Å². The molecule has 0 spiro atoms. The van der Waals surface area contributed by atoms with E-state index in [9.17, 15) is 13.2 Å². The highest BCUT2D eigenvalue weighted by atomic mass is 35.5. The largest absolute Gasteiger partial charge is 0.309 e. The van der Waals surface area contributed by atoms with Crippen molar-refractivity contribution >= 4 is 54.2 Å². The standard InChI is InChI=1S/C25H29ClN4O3S2/c1-5-14-29(15-6-2)35(32,33)21-11-8-19(9-12-21)24(31)30(17-7-16-28(3)4)25-27-22-13-10-20(26)18-23(22)34-25/h5-6,8-13,18H,1-2,7,14-17H2,3-4H3. The van der Waals surface area contributed by atoms with Crippen molar-refractivity contribution in [1.29, 1.82) is 0 Å². The van der Waals surface area contributed by atoms with Gasteiger partial charge in [-0.05, 0) is 69.5 Å². The van der Waals surface area contributed by atoms with Gasteiger partial charge >= 0.3 is 0 Å². The van der Waals surface area contributed by atoms with Crippen LogP contribution in [0.2, 0.25) is 5.02 Å². The lowest BCUT2D eigenvalue weighted by atomic mass is 10.2. The summed E-state index contributed by atoms with van der Waals surface area (Å²) in [5.41, 5.74) is 1.15. The molecule has 0 radical (unpaired) electrons. The third-order valence-electron chi connectivity index (χ3n) is 5.21. The normalized spacial score (nSPS) is 11.8. The van der Waals surface area contributed by atoms with Crippen molar-refractivity contribution in [2.24, 2.45) is 0 Å². The Morgan fingerprint density at radius 3 is 2.31 bits per heavy atom.